The average Bonchev–Trinajstić information content (AvgIpc) is 3.20. The quantitative estimate of drug-likeness (QED) is 0.848. The minimum absolute atomic E-state index is 0.599. The number of aromatic nitrogens is 3. The van der Waals surface area contributed by atoms with Crippen LogP contribution >= 0.6 is 0 Å². The largest absolute Gasteiger partial charge is 0.492 e. The Bertz CT molecular complexity index is 604. The summed E-state index contributed by atoms with van der Waals surface area (Å²) in [6.07, 6.45) is 4.56. The molecule has 0 bridgehead atoms. The van der Waals surface area contributed by atoms with Crippen molar-refractivity contribution in [2.45, 2.75) is 45.8 Å². The van der Waals surface area contributed by atoms with Crippen molar-refractivity contribution in [2.75, 3.05) is 6.61 Å². The average molecular weight is 286 g/mol. The maximum Gasteiger partial charge on any atom is 0.119 e. The molecule has 1 aromatic heterocycles. The number of rotatable bonds is 7. The van der Waals surface area contributed by atoms with E-state index in [1.807, 2.05) is 16.9 Å². The van der Waals surface area contributed by atoms with Gasteiger partial charge in [0.05, 0.1) is 12.2 Å². The highest BCUT2D eigenvalue weighted by Crippen LogP contribution is 2.19. The highest BCUT2D eigenvalue weighted by atomic mass is 16.5. The molecule has 0 aliphatic heterocycles. The predicted molar refractivity (Wildman–Crippen MR) is 81.3 cm³/mol. The van der Waals surface area contributed by atoms with Crippen molar-refractivity contribution < 1.29 is 4.74 Å². The summed E-state index contributed by atoms with van der Waals surface area (Å²) in [4.78, 5) is 0. The van der Waals surface area contributed by atoms with Gasteiger partial charge in [0.1, 0.15) is 12.4 Å². The Balaban J connectivity index is 1.44. The lowest BCUT2D eigenvalue weighted by Crippen LogP contribution is -2.15. The molecule has 21 heavy (non-hydrogen) atoms. The molecule has 1 fully saturated rings. The number of nitrogens with one attached hydrogen (secondary N) is 1. The van der Waals surface area contributed by atoms with E-state index in [-0.39, 0.29) is 0 Å². The summed E-state index contributed by atoms with van der Waals surface area (Å²) < 4.78 is 7.60. The number of hydrogen-bond acceptors (Lipinski definition) is 4. The molecule has 5 heteroatoms. The second-order valence-corrected chi connectivity index (χ2v) is 5.72. The van der Waals surface area contributed by atoms with Gasteiger partial charge in [-0.2, -0.15) is 0 Å². The summed E-state index contributed by atoms with van der Waals surface area (Å²) in [6.45, 7) is 6.32. The topological polar surface area (TPSA) is 52.0 Å². The number of ether oxygens (including phenoxy) is 1. The Labute approximate surface area is 125 Å². The third kappa shape index (κ3) is 4.04. The maximum absolute atomic E-state index is 5.76. The first kappa shape index (κ1) is 14.1. The fourth-order valence-corrected chi connectivity index (χ4v) is 2.13. The second kappa shape index (κ2) is 6.26. The van der Waals surface area contributed by atoms with Crippen LogP contribution in [0.1, 0.15) is 29.7 Å². The van der Waals surface area contributed by atoms with Gasteiger partial charge in [0, 0.05) is 18.8 Å². The van der Waals surface area contributed by atoms with Gasteiger partial charge >= 0.3 is 0 Å². The fourth-order valence-electron chi connectivity index (χ4n) is 2.13. The monoisotopic (exact) mass is 286 g/mol. The minimum atomic E-state index is 0.599. The van der Waals surface area contributed by atoms with Crippen LogP contribution in [0, 0.1) is 13.8 Å². The summed E-state index contributed by atoms with van der Waals surface area (Å²) >= 11 is 0. The van der Waals surface area contributed by atoms with Crippen LogP contribution in [-0.2, 0) is 13.1 Å². The lowest BCUT2D eigenvalue weighted by atomic mass is 10.1. The smallest absolute Gasteiger partial charge is 0.119 e. The van der Waals surface area contributed by atoms with Crippen molar-refractivity contribution in [1.29, 1.82) is 0 Å². The predicted octanol–water partition coefficient (Wildman–Crippen LogP) is 2.23. The van der Waals surface area contributed by atoms with Crippen LogP contribution in [0.2, 0.25) is 0 Å². The number of nitrogens with zero attached hydrogens (tertiary/aromatic N) is 3. The van der Waals surface area contributed by atoms with Crippen LogP contribution in [0.5, 0.6) is 5.75 Å². The first-order valence-electron chi connectivity index (χ1n) is 7.53. The normalized spacial score (nSPS) is 14.4. The van der Waals surface area contributed by atoms with Crippen molar-refractivity contribution in [3.05, 3.63) is 41.2 Å². The van der Waals surface area contributed by atoms with Crippen molar-refractivity contribution in [3.8, 4) is 5.75 Å². The zero-order valence-electron chi connectivity index (χ0n) is 12.7. The minimum Gasteiger partial charge on any atom is -0.492 e. The molecule has 0 unspecified atom stereocenters. The number of hydrogen-bond donors (Lipinski definition) is 1. The lowest BCUT2D eigenvalue weighted by molar-refractivity contribution is 0.289. The van der Waals surface area contributed by atoms with E-state index in [0.717, 1.165) is 18.0 Å². The molecular weight excluding hydrogens is 264 g/mol. The van der Waals surface area contributed by atoms with Gasteiger partial charge in [-0.05, 0) is 49.9 Å². The number of benzene rings is 1. The molecule has 1 N–H and O–H groups in total. The standard InChI is InChI=1S/C16H22N4O/c1-12-3-6-16(9-13(12)2)21-8-7-20-11-15(18-19-20)10-17-14-4-5-14/h3,6,9,11,14,17H,4-5,7-8,10H2,1-2H3. The SMILES string of the molecule is Cc1ccc(OCCn2cc(CNC3CC3)nn2)cc1C. The summed E-state index contributed by atoms with van der Waals surface area (Å²) in [6, 6.07) is 6.86. The van der Waals surface area contributed by atoms with Gasteiger partial charge in [-0.1, -0.05) is 11.3 Å². The highest BCUT2D eigenvalue weighted by molar-refractivity contribution is 5.33. The van der Waals surface area contributed by atoms with Crippen molar-refractivity contribution >= 4 is 0 Å². The molecule has 0 saturated heterocycles. The maximum atomic E-state index is 5.76. The van der Waals surface area contributed by atoms with E-state index in [1.165, 1.54) is 24.0 Å². The van der Waals surface area contributed by atoms with Gasteiger partial charge in [0.2, 0.25) is 0 Å². The molecule has 0 amide bonds. The third-order valence-electron chi connectivity index (χ3n) is 3.80. The molecule has 1 aromatic carbocycles. The van der Waals surface area contributed by atoms with Gasteiger partial charge < -0.3 is 10.1 Å². The van der Waals surface area contributed by atoms with Crippen LogP contribution in [0.4, 0.5) is 0 Å². The molecule has 1 aliphatic carbocycles. The van der Waals surface area contributed by atoms with Gasteiger partial charge in [-0.25, -0.2) is 4.68 Å². The molecule has 1 heterocycles. The van der Waals surface area contributed by atoms with Crippen molar-refractivity contribution in [1.82, 2.24) is 20.3 Å². The zero-order valence-corrected chi connectivity index (χ0v) is 12.7. The molecule has 0 atom stereocenters. The zero-order chi connectivity index (χ0) is 14.7. The van der Waals surface area contributed by atoms with E-state index in [1.54, 1.807) is 0 Å². The van der Waals surface area contributed by atoms with Crippen LogP contribution in [0.3, 0.4) is 0 Å². The molecule has 1 saturated carbocycles. The van der Waals surface area contributed by atoms with Crippen molar-refractivity contribution in [3.63, 3.8) is 0 Å². The Morgan fingerprint density at radius 3 is 2.90 bits per heavy atom. The van der Waals surface area contributed by atoms with Crippen LogP contribution in [0.15, 0.2) is 24.4 Å². The first-order chi connectivity index (χ1) is 10.2. The summed E-state index contributed by atoms with van der Waals surface area (Å²) in [5.41, 5.74) is 3.53. The van der Waals surface area contributed by atoms with E-state index in [2.05, 4.69) is 41.6 Å². The van der Waals surface area contributed by atoms with E-state index in [4.69, 9.17) is 4.74 Å². The van der Waals surface area contributed by atoms with Gasteiger partial charge in [-0.3, -0.25) is 0 Å². The van der Waals surface area contributed by atoms with Gasteiger partial charge in [0.25, 0.3) is 0 Å². The van der Waals surface area contributed by atoms with E-state index >= 15 is 0 Å². The molecule has 3 rings (SSSR count). The Morgan fingerprint density at radius 2 is 2.14 bits per heavy atom. The lowest BCUT2D eigenvalue weighted by Gasteiger charge is -2.08. The van der Waals surface area contributed by atoms with Crippen LogP contribution in [-0.4, -0.2) is 27.6 Å². The van der Waals surface area contributed by atoms with Crippen molar-refractivity contribution in [2.24, 2.45) is 0 Å². The molecule has 5 nitrogen and oxygen atoms in total. The van der Waals surface area contributed by atoms with Gasteiger partial charge in [-0.15, -0.1) is 5.10 Å². The summed E-state index contributed by atoms with van der Waals surface area (Å²) in [7, 11) is 0. The second-order valence-electron chi connectivity index (χ2n) is 5.72. The Hall–Kier alpha value is -1.88. The Morgan fingerprint density at radius 1 is 1.29 bits per heavy atom. The fraction of sp³-hybridized carbons (Fsp3) is 0.500. The Kier molecular flexibility index (Phi) is 4.20. The molecular formula is C16H22N4O. The van der Waals surface area contributed by atoms with Crippen LogP contribution < -0.4 is 10.1 Å². The number of aryl methyl sites for hydroxylation is 2. The summed E-state index contributed by atoms with van der Waals surface area (Å²) in [5, 5.41) is 11.7. The van der Waals surface area contributed by atoms with E-state index in [0.29, 0.717) is 19.2 Å². The highest BCUT2D eigenvalue weighted by Gasteiger charge is 2.20. The summed E-state index contributed by atoms with van der Waals surface area (Å²) in [5.74, 6) is 0.911. The van der Waals surface area contributed by atoms with E-state index in [9.17, 15) is 0 Å². The third-order valence-corrected chi connectivity index (χ3v) is 3.80. The molecule has 2 aromatic rings. The molecule has 0 radical (unpaired) electrons. The molecule has 112 valence electrons. The van der Waals surface area contributed by atoms with E-state index < -0.39 is 0 Å². The first-order valence-corrected chi connectivity index (χ1v) is 7.53. The molecule has 1 aliphatic rings. The van der Waals surface area contributed by atoms with Crippen LogP contribution in [0.25, 0.3) is 0 Å². The molecule has 0 spiro atoms. The van der Waals surface area contributed by atoms with Gasteiger partial charge in [0.15, 0.2) is 0 Å².